The molecule has 0 spiro atoms. The highest BCUT2D eigenvalue weighted by molar-refractivity contribution is 6.05. The number of nitrogens with zero attached hydrogens (tertiary/aromatic N) is 5. The number of anilines is 1. The van der Waals surface area contributed by atoms with E-state index in [4.69, 9.17) is 11.6 Å². The standard InChI is InChI=1S/C22H24FN7/c1-14-19(23)5-4-6-20(14)27-22(28-29-25)18-11-17(12-26-21(18)24)16-9-7-15(8-10-16)13-30(2)3/h4-12H,13H2,1-3H3,(H2,24,26)(H2,25,27,28). The number of nitrogen functional groups attached to an aromatic ring is 1. The Hall–Kier alpha value is -3.65. The third-order valence-electron chi connectivity index (χ3n) is 4.56. The van der Waals surface area contributed by atoms with Crippen LogP contribution < -0.4 is 11.6 Å². The van der Waals surface area contributed by atoms with E-state index in [9.17, 15) is 4.39 Å². The molecule has 1 aromatic heterocycles. The van der Waals surface area contributed by atoms with Crippen molar-refractivity contribution in [2.24, 2.45) is 21.2 Å². The third kappa shape index (κ3) is 4.84. The van der Waals surface area contributed by atoms with Crippen molar-refractivity contribution < 1.29 is 4.39 Å². The van der Waals surface area contributed by atoms with Crippen LogP contribution in [0.5, 0.6) is 0 Å². The maximum Gasteiger partial charge on any atom is 0.187 e. The van der Waals surface area contributed by atoms with Crippen molar-refractivity contribution >= 4 is 17.3 Å². The molecule has 1 heterocycles. The van der Waals surface area contributed by atoms with Crippen molar-refractivity contribution in [3.8, 4) is 11.1 Å². The van der Waals surface area contributed by atoms with Crippen molar-refractivity contribution in [1.82, 2.24) is 9.88 Å². The second-order valence-corrected chi connectivity index (χ2v) is 7.13. The van der Waals surface area contributed by atoms with Gasteiger partial charge in [0.2, 0.25) is 0 Å². The first-order valence-corrected chi connectivity index (χ1v) is 9.33. The summed E-state index contributed by atoms with van der Waals surface area (Å²) in [5.74, 6) is 5.30. The molecule has 0 aliphatic rings. The van der Waals surface area contributed by atoms with Crippen LogP contribution in [-0.4, -0.2) is 29.8 Å². The summed E-state index contributed by atoms with van der Waals surface area (Å²) in [7, 11) is 4.05. The monoisotopic (exact) mass is 405 g/mol. The molecule has 0 aliphatic carbocycles. The Bertz CT molecular complexity index is 1090. The summed E-state index contributed by atoms with van der Waals surface area (Å²) in [5, 5.41) is 7.26. The molecule has 3 aromatic rings. The molecule has 0 fully saturated rings. The molecule has 4 N–H and O–H groups in total. The van der Waals surface area contributed by atoms with E-state index in [0.717, 1.165) is 17.7 Å². The molecule has 3 rings (SSSR count). The highest BCUT2D eigenvalue weighted by Gasteiger charge is 2.13. The number of aliphatic imine (C=N–C) groups is 1. The number of halogens is 1. The molecule has 0 bridgehead atoms. The molecule has 0 saturated heterocycles. The van der Waals surface area contributed by atoms with Crippen LogP contribution in [0.1, 0.15) is 16.7 Å². The Morgan fingerprint density at radius 1 is 1.10 bits per heavy atom. The average molecular weight is 405 g/mol. The molecule has 0 amide bonds. The van der Waals surface area contributed by atoms with Crippen molar-refractivity contribution in [3.63, 3.8) is 0 Å². The van der Waals surface area contributed by atoms with Gasteiger partial charge in [0.1, 0.15) is 11.6 Å². The van der Waals surface area contributed by atoms with Gasteiger partial charge < -0.3 is 16.5 Å². The predicted molar refractivity (Wildman–Crippen MR) is 118 cm³/mol. The summed E-state index contributed by atoms with van der Waals surface area (Å²) in [6.45, 7) is 2.49. The Labute approximate surface area is 175 Å². The van der Waals surface area contributed by atoms with Gasteiger partial charge in [-0.3, -0.25) is 0 Å². The van der Waals surface area contributed by atoms with Gasteiger partial charge in [-0.15, -0.1) is 5.11 Å². The number of benzene rings is 2. The van der Waals surface area contributed by atoms with Crippen LogP contribution in [0.2, 0.25) is 0 Å². The predicted octanol–water partition coefficient (Wildman–Crippen LogP) is 4.24. The lowest BCUT2D eigenvalue weighted by Crippen LogP contribution is -2.10. The second-order valence-electron chi connectivity index (χ2n) is 7.13. The fourth-order valence-corrected chi connectivity index (χ4v) is 3.00. The molecule has 0 aliphatic heterocycles. The van der Waals surface area contributed by atoms with Crippen LogP contribution in [-0.2, 0) is 6.54 Å². The molecule has 7 nitrogen and oxygen atoms in total. The molecular weight excluding hydrogens is 381 g/mol. The summed E-state index contributed by atoms with van der Waals surface area (Å²) in [5.41, 5.74) is 10.4. The van der Waals surface area contributed by atoms with E-state index in [1.807, 2.05) is 32.3 Å². The normalized spacial score (nSPS) is 12.1. The number of pyridine rings is 1. The van der Waals surface area contributed by atoms with E-state index in [1.165, 1.54) is 11.6 Å². The van der Waals surface area contributed by atoms with Crippen LogP contribution >= 0.6 is 0 Å². The lowest BCUT2D eigenvalue weighted by atomic mass is 10.0. The van der Waals surface area contributed by atoms with E-state index < -0.39 is 0 Å². The fourth-order valence-electron chi connectivity index (χ4n) is 3.00. The molecule has 8 heteroatoms. The minimum absolute atomic E-state index is 0.155. The summed E-state index contributed by atoms with van der Waals surface area (Å²) in [6.07, 6.45) is 1.68. The lowest BCUT2D eigenvalue weighted by molar-refractivity contribution is 0.402. The van der Waals surface area contributed by atoms with Crippen LogP contribution in [0.15, 0.2) is 70.1 Å². The van der Waals surface area contributed by atoms with Crippen molar-refractivity contribution in [1.29, 1.82) is 0 Å². The van der Waals surface area contributed by atoms with Gasteiger partial charge in [0.15, 0.2) is 5.84 Å². The molecule has 2 aromatic carbocycles. The maximum atomic E-state index is 13.9. The van der Waals surface area contributed by atoms with Gasteiger partial charge in [-0.05, 0) is 50.3 Å². The average Bonchev–Trinajstić information content (AvgIpc) is 2.71. The van der Waals surface area contributed by atoms with E-state index in [2.05, 4.69) is 37.3 Å². The van der Waals surface area contributed by atoms with Gasteiger partial charge in [-0.25, -0.2) is 14.4 Å². The minimum atomic E-state index is -0.363. The highest BCUT2D eigenvalue weighted by Crippen LogP contribution is 2.26. The lowest BCUT2D eigenvalue weighted by Gasteiger charge is -2.11. The summed E-state index contributed by atoms with van der Waals surface area (Å²) in [4.78, 5) is 10.8. The fraction of sp³-hybridized carbons (Fsp3) is 0.182. The number of rotatable bonds is 5. The first kappa shape index (κ1) is 21.1. The highest BCUT2D eigenvalue weighted by atomic mass is 19.1. The minimum Gasteiger partial charge on any atom is -0.383 e. The Balaban J connectivity index is 2.04. The summed E-state index contributed by atoms with van der Waals surface area (Å²) < 4.78 is 13.9. The van der Waals surface area contributed by atoms with E-state index in [1.54, 1.807) is 25.3 Å². The molecule has 0 saturated carbocycles. The zero-order valence-corrected chi connectivity index (χ0v) is 17.2. The third-order valence-corrected chi connectivity index (χ3v) is 4.56. The number of aromatic nitrogens is 1. The zero-order valence-electron chi connectivity index (χ0n) is 17.2. The van der Waals surface area contributed by atoms with Crippen molar-refractivity contribution in [3.05, 3.63) is 77.2 Å². The number of hydrogen-bond acceptors (Lipinski definition) is 5. The van der Waals surface area contributed by atoms with Crippen LogP contribution in [0.4, 0.5) is 15.9 Å². The number of amidine groups is 1. The van der Waals surface area contributed by atoms with E-state index in [0.29, 0.717) is 16.8 Å². The Morgan fingerprint density at radius 2 is 1.83 bits per heavy atom. The number of hydrogen-bond donors (Lipinski definition) is 2. The second kappa shape index (κ2) is 9.23. The van der Waals surface area contributed by atoms with Crippen LogP contribution in [0.25, 0.3) is 11.1 Å². The van der Waals surface area contributed by atoms with E-state index >= 15 is 0 Å². The SMILES string of the molecule is Cc1c(F)cccc1N=C(N=NN)c1cc(-c2ccc(CN(C)C)cc2)cnc1N. The molecule has 0 radical (unpaired) electrons. The maximum absolute atomic E-state index is 13.9. The first-order chi connectivity index (χ1) is 14.4. The zero-order chi connectivity index (χ0) is 21.7. The smallest absolute Gasteiger partial charge is 0.187 e. The first-order valence-electron chi connectivity index (χ1n) is 9.33. The van der Waals surface area contributed by atoms with Crippen molar-refractivity contribution in [2.75, 3.05) is 19.8 Å². The Kier molecular flexibility index (Phi) is 6.48. The molecule has 0 atom stereocenters. The van der Waals surface area contributed by atoms with Gasteiger partial charge in [-0.1, -0.05) is 35.6 Å². The summed E-state index contributed by atoms with van der Waals surface area (Å²) in [6, 6.07) is 14.6. The molecule has 154 valence electrons. The van der Waals surface area contributed by atoms with Gasteiger partial charge >= 0.3 is 0 Å². The van der Waals surface area contributed by atoms with Crippen molar-refractivity contribution in [2.45, 2.75) is 13.5 Å². The van der Waals surface area contributed by atoms with Gasteiger partial charge in [0.05, 0.1) is 11.3 Å². The molecule has 0 unspecified atom stereocenters. The molecule has 30 heavy (non-hydrogen) atoms. The number of nitrogens with two attached hydrogens (primary N) is 2. The molecular formula is C22H24FN7. The Morgan fingerprint density at radius 3 is 2.50 bits per heavy atom. The largest absolute Gasteiger partial charge is 0.383 e. The van der Waals surface area contributed by atoms with Gasteiger partial charge in [0.25, 0.3) is 0 Å². The van der Waals surface area contributed by atoms with Gasteiger partial charge in [-0.2, -0.15) is 0 Å². The van der Waals surface area contributed by atoms with Gasteiger partial charge in [0, 0.05) is 23.9 Å². The van der Waals surface area contributed by atoms with Crippen LogP contribution in [0.3, 0.4) is 0 Å². The topological polar surface area (TPSA) is 105 Å². The quantitative estimate of drug-likeness (QED) is 0.218. The summed E-state index contributed by atoms with van der Waals surface area (Å²) >= 11 is 0. The van der Waals surface area contributed by atoms with Crippen LogP contribution in [0, 0.1) is 12.7 Å². The van der Waals surface area contributed by atoms with E-state index in [-0.39, 0.29) is 17.5 Å².